The monoisotopic (exact) mass is 482 g/mol. The number of ketones is 1. The third-order valence-electron chi connectivity index (χ3n) is 9.10. The lowest BCUT2D eigenvalue weighted by molar-refractivity contribution is -0.199. The van der Waals surface area contributed by atoms with Crippen molar-refractivity contribution in [3.63, 3.8) is 0 Å². The lowest BCUT2D eigenvalue weighted by Crippen LogP contribution is -2.63. The minimum atomic E-state index is -1.59. The van der Waals surface area contributed by atoms with E-state index in [1.807, 2.05) is 20.8 Å². The number of hydrogen-bond donors (Lipinski definition) is 1. The molecule has 4 aliphatic rings. The van der Waals surface area contributed by atoms with Gasteiger partial charge in [-0.15, -0.1) is 0 Å². The number of hydrogen-bond acceptors (Lipinski definition) is 6. The molecule has 0 bridgehead atoms. The second-order valence-electron chi connectivity index (χ2n) is 10.6. The average Bonchev–Trinajstić information content (AvgIpc) is 2.96. The van der Waals surface area contributed by atoms with Crippen LogP contribution in [0.4, 0.5) is 8.78 Å². The number of aliphatic hydroxyl groups is 1. The number of alkyl halides is 1. The fourth-order valence-electron chi connectivity index (χ4n) is 7.73. The molecule has 4 aliphatic carbocycles. The molecule has 0 unspecified atom stereocenters. The fourth-order valence-corrected chi connectivity index (χ4v) is 8.52. The molecule has 0 aromatic heterocycles. The van der Waals surface area contributed by atoms with Crippen LogP contribution in [0.5, 0.6) is 0 Å². The summed E-state index contributed by atoms with van der Waals surface area (Å²) in [5.74, 6) is -2.30. The van der Waals surface area contributed by atoms with E-state index >= 15 is 4.39 Å². The van der Waals surface area contributed by atoms with Crippen LogP contribution < -0.4 is 0 Å². The van der Waals surface area contributed by atoms with E-state index in [9.17, 15) is 23.9 Å². The lowest BCUT2D eigenvalue weighted by atomic mass is 9.47. The van der Waals surface area contributed by atoms with Crippen LogP contribution in [-0.2, 0) is 19.1 Å². The highest BCUT2D eigenvalue weighted by Crippen LogP contribution is 2.70. The summed E-state index contributed by atoms with van der Waals surface area (Å²) in [5.41, 5.74) is -2.92. The molecular weight excluding hydrogens is 450 g/mol. The molecular formula is C25H32F2O5S. The Balaban J connectivity index is 1.84. The maximum atomic E-state index is 15.5. The van der Waals surface area contributed by atoms with Crippen molar-refractivity contribution in [2.24, 2.45) is 34.5 Å². The van der Waals surface area contributed by atoms with Crippen molar-refractivity contribution in [3.8, 4) is 0 Å². The number of carbonyl (C=O) groups excluding carboxylic acids is 3. The second kappa shape index (κ2) is 8.29. The molecule has 0 aromatic rings. The van der Waals surface area contributed by atoms with Gasteiger partial charge in [0.25, 0.3) is 0 Å². The molecule has 33 heavy (non-hydrogen) atoms. The van der Waals surface area contributed by atoms with E-state index in [1.54, 1.807) is 13.0 Å². The molecule has 5 nitrogen and oxygen atoms in total. The van der Waals surface area contributed by atoms with Crippen LogP contribution in [0.2, 0.25) is 0 Å². The summed E-state index contributed by atoms with van der Waals surface area (Å²) in [6, 6.07) is -0.941. The van der Waals surface area contributed by atoms with E-state index in [-0.39, 0.29) is 55.0 Å². The highest BCUT2D eigenvalue weighted by molar-refractivity contribution is 8.13. The predicted octanol–water partition coefficient (Wildman–Crippen LogP) is 4.69. The standard InChI is InChI=1S/C25H32F2O5S/c1-5-20(30)32-25(22(31)33-12-26)13(2)8-16-15-10-18(27)17-9-14(28)6-7-23(17,3)21(15)19(29)11-24(16,25)4/h6-7,13,15-16,19,21,29H,5,8-12H2,1-4H3/t13-,15+,16+,19+,21-,23+,24+,25+/m1/s1. The quantitative estimate of drug-likeness (QED) is 0.586. The Morgan fingerprint density at radius 1 is 1.33 bits per heavy atom. The number of ether oxygens (including phenoxy) is 1. The van der Waals surface area contributed by atoms with E-state index in [2.05, 4.69) is 0 Å². The molecule has 1 N–H and O–H groups in total. The van der Waals surface area contributed by atoms with Gasteiger partial charge < -0.3 is 9.84 Å². The highest BCUT2D eigenvalue weighted by atomic mass is 32.2. The van der Waals surface area contributed by atoms with Gasteiger partial charge in [0.1, 0.15) is 11.8 Å². The molecule has 0 spiro atoms. The molecule has 8 heteroatoms. The SMILES string of the molecule is CCC(=O)O[C@]1(C(=O)SCF)[C@H](C)C[C@H]2[C@@H]3CC(F)=C4CC(=O)C=C[C@]4(C)[C@H]3[C@@H](O)C[C@@]21C. The van der Waals surface area contributed by atoms with E-state index in [0.29, 0.717) is 23.8 Å². The zero-order valence-electron chi connectivity index (χ0n) is 19.5. The first-order valence-corrected chi connectivity index (χ1v) is 12.7. The van der Waals surface area contributed by atoms with Crippen LogP contribution in [0.1, 0.15) is 59.8 Å². The zero-order chi connectivity index (χ0) is 24.3. The molecule has 0 aromatic carbocycles. The van der Waals surface area contributed by atoms with Gasteiger partial charge >= 0.3 is 5.97 Å². The molecule has 0 heterocycles. The van der Waals surface area contributed by atoms with Crippen LogP contribution in [0.15, 0.2) is 23.6 Å². The molecule has 0 radical (unpaired) electrons. The van der Waals surface area contributed by atoms with Gasteiger partial charge in [-0.2, -0.15) is 0 Å². The third-order valence-corrected chi connectivity index (χ3v) is 9.77. The number of rotatable bonds is 4. The number of esters is 1. The minimum absolute atomic E-state index is 0.0107. The Hall–Kier alpha value is -1.54. The average molecular weight is 483 g/mol. The molecule has 4 rings (SSSR count). The highest BCUT2D eigenvalue weighted by Gasteiger charge is 2.73. The summed E-state index contributed by atoms with van der Waals surface area (Å²) in [7, 11) is 0. The molecule has 2 fully saturated rings. The third kappa shape index (κ3) is 3.30. The van der Waals surface area contributed by atoms with Crippen molar-refractivity contribution in [1.82, 2.24) is 0 Å². The summed E-state index contributed by atoms with van der Waals surface area (Å²) in [4.78, 5) is 37.9. The number of carbonyl (C=O) groups is 3. The summed E-state index contributed by atoms with van der Waals surface area (Å²) in [5, 5.41) is 11.0. The maximum Gasteiger partial charge on any atom is 0.306 e. The first-order chi connectivity index (χ1) is 15.5. The van der Waals surface area contributed by atoms with Crippen molar-refractivity contribution in [2.45, 2.75) is 71.5 Å². The van der Waals surface area contributed by atoms with Gasteiger partial charge in [0.2, 0.25) is 5.12 Å². The number of aliphatic hydroxyl groups excluding tert-OH is 1. The molecule has 0 amide bonds. The van der Waals surface area contributed by atoms with Crippen molar-refractivity contribution in [3.05, 3.63) is 23.6 Å². The van der Waals surface area contributed by atoms with Gasteiger partial charge in [-0.3, -0.25) is 14.4 Å². The normalized spacial score (nSPS) is 44.2. The zero-order valence-corrected chi connectivity index (χ0v) is 20.3. The Labute approximate surface area is 197 Å². The Morgan fingerprint density at radius 2 is 2.03 bits per heavy atom. The Kier molecular flexibility index (Phi) is 6.18. The van der Waals surface area contributed by atoms with E-state index in [4.69, 9.17) is 4.74 Å². The topological polar surface area (TPSA) is 80.7 Å². The summed E-state index contributed by atoms with van der Waals surface area (Å²) < 4.78 is 34.6. The smallest absolute Gasteiger partial charge is 0.306 e. The van der Waals surface area contributed by atoms with E-state index in [1.165, 1.54) is 6.08 Å². The fraction of sp³-hybridized carbons (Fsp3) is 0.720. The van der Waals surface area contributed by atoms with Gasteiger partial charge in [-0.1, -0.05) is 33.8 Å². The minimum Gasteiger partial charge on any atom is -0.449 e. The Bertz CT molecular complexity index is 947. The number of halogens is 2. The first-order valence-electron chi connectivity index (χ1n) is 11.7. The van der Waals surface area contributed by atoms with Crippen molar-refractivity contribution in [1.29, 1.82) is 0 Å². The van der Waals surface area contributed by atoms with Crippen LogP contribution in [-0.4, -0.2) is 39.7 Å². The number of allylic oxidation sites excluding steroid dienone is 4. The van der Waals surface area contributed by atoms with Crippen LogP contribution >= 0.6 is 11.8 Å². The molecule has 0 saturated heterocycles. The lowest BCUT2D eigenvalue weighted by Gasteiger charge is -2.59. The van der Waals surface area contributed by atoms with Crippen LogP contribution in [0.3, 0.4) is 0 Å². The largest absolute Gasteiger partial charge is 0.449 e. The van der Waals surface area contributed by atoms with Gasteiger partial charge in [0.05, 0.1) is 6.10 Å². The number of thioether (sulfide) groups is 1. The first kappa shape index (κ1) is 24.6. The van der Waals surface area contributed by atoms with Gasteiger partial charge in [0, 0.05) is 41.9 Å². The Morgan fingerprint density at radius 3 is 2.67 bits per heavy atom. The van der Waals surface area contributed by atoms with Crippen LogP contribution in [0, 0.1) is 34.5 Å². The maximum absolute atomic E-state index is 15.5. The van der Waals surface area contributed by atoms with Crippen molar-refractivity contribution in [2.75, 3.05) is 6.01 Å². The number of fused-ring (bicyclic) bond motifs is 5. The van der Waals surface area contributed by atoms with E-state index in [0.717, 1.165) is 0 Å². The van der Waals surface area contributed by atoms with E-state index < -0.39 is 45.5 Å². The molecule has 0 aliphatic heterocycles. The van der Waals surface area contributed by atoms with Gasteiger partial charge in [-0.05, 0) is 48.1 Å². The molecule has 2 saturated carbocycles. The molecule has 8 atom stereocenters. The van der Waals surface area contributed by atoms with Crippen LogP contribution in [0.25, 0.3) is 0 Å². The van der Waals surface area contributed by atoms with Crippen molar-refractivity contribution >= 4 is 28.6 Å². The van der Waals surface area contributed by atoms with Crippen molar-refractivity contribution < 1.29 is 33.0 Å². The molecule has 182 valence electrons. The summed E-state index contributed by atoms with van der Waals surface area (Å²) in [6.45, 7) is 7.17. The second-order valence-corrected chi connectivity index (χ2v) is 11.5. The van der Waals surface area contributed by atoms with Gasteiger partial charge in [0.15, 0.2) is 11.4 Å². The summed E-state index contributed by atoms with van der Waals surface area (Å²) >= 11 is 0.490. The predicted molar refractivity (Wildman–Crippen MR) is 120 cm³/mol. The van der Waals surface area contributed by atoms with Gasteiger partial charge in [-0.25, -0.2) is 8.78 Å². The summed E-state index contributed by atoms with van der Waals surface area (Å²) in [6.07, 6.45) is 3.12.